The number of furan rings is 1. The maximum Gasteiger partial charge on any atom is 0.191 e. The van der Waals surface area contributed by atoms with E-state index in [1.54, 1.807) is 13.3 Å². The molecular weight excluding hydrogens is 429 g/mol. The van der Waals surface area contributed by atoms with Gasteiger partial charge in [-0.15, -0.1) is 24.0 Å². The molecule has 0 radical (unpaired) electrons. The Balaban J connectivity index is 0.00000264. The predicted octanol–water partition coefficient (Wildman–Crippen LogP) is 3.81. The lowest BCUT2D eigenvalue weighted by molar-refractivity contribution is 0.336. The Morgan fingerprint density at radius 3 is 2.70 bits per heavy atom. The van der Waals surface area contributed by atoms with E-state index in [-0.39, 0.29) is 24.0 Å². The summed E-state index contributed by atoms with van der Waals surface area (Å²) in [7, 11) is 1.72. The molecule has 0 amide bonds. The maximum absolute atomic E-state index is 6.00. The number of nitrogens with zero attached hydrogens (tertiary/aromatic N) is 1. The zero-order valence-electron chi connectivity index (χ0n) is 13.1. The van der Waals surface area contributed by atoms with Crippen LogP contribution in [0.1, 0.15) is 18.2 Å². The fourth-order valence-corrected chi connectivity index (χ4v) is 2.11. The number of nitrogens with one attached hydrogen (secondary N) is 2. The summed E-state index contributed by atoms with van der Waals surface area (Å²) in [6.07, 6.45) is 1.65. The molecule has 0 saturated heterocycles. The van der Waals surface area contributed by atoms with Gasteiger partial charge in [0.25, 0.3) is 0 Å². The molecule has 5 nitrogen and oxygen atoms in total. The SMILES string of the molecule is CCOc1cc(Cl)ccc1CNC(=NC)NCc1ccco1.I. The molecule has 0 bridgehead atoms. The van der Waals surface area contributed by atoms with E-state index in [9.17, 15) is 0 Å². The highest BCUT2D eigenvalue weighted by molar-refractivity contribution is 14.0. The van der Waals surface area contributed by atoms with E-state index < -0.39 is 0 Å². The highest BCUT2D eigenvalue weighted by atomic mass is 127. The fraction of sp³-hybridized carbons (Fsp3) is 0.312. The quantitative estimate of drug-likeness (QED) is 0.400. The molecule has 0 aliphatic heterocycles. The fourth-order valence-electron chi connectivity index (χ4n) is 1.95. The normalized spacial score (nSPS) is 10.8. The lowest BCUT2D eigenvalue weighted by Crippen LogP contribution is -2.36. The molecular formula is C16H21ClIN3O2. The van der Waals surface area contributed by atoms with Crippen LogP contribution in [-0.2, 0) is 13.1 Å². The summed E-state index contributed by atoms with van der Waals surface area (Å²) >= 11 is 6.00. The third-order valence-corrected chi connectivity index (χ3v) is 3.24. The van der Waals surface area contributed by atoms with Crippen molar-refractivity contribution in [2.45, 2.75) is 20.0 Å². The molecule has 126 valence electrons. The van der Waals surface area contributed by atoms with Crippen LogP contribution in [-0.4, -0.2) is 19.6 Å². The van der Waals surface area contributed by atoms with E-state index >= 15 is 0 Å². The van der Waals surface area contributed by atoms with Crippen molar-refractivity contribution in [3.63, 3.8) is 0 Å². The molecule has 0 atom stereocenters. The smallest absolute Gasteiger partial charge is 0.191 e. The van der Waals surface area contributed by atoms with E-state index in [0.717, 1.165) is 17.1 Å². The molecule has 1 aromatic carbocycles. The zero-order valence-corrected chi connectivity index (χ0v) is 16.2. The van der Waals surface area contributed by atoms with Gasteiger partial charge < -0.3 is 19.8 Å². The van der Waals surface area contributed by atoms with E-state index in [0.29, 0.717) is 30.7 Å². The maximum atomic E-state index is 6.00. The molecule has 0 aliphatic rings. The van der Waals surface area contributed by atoms with Crippen molar-refractivity contribution in [1.29, 1.82) is 0 Å². The largest absolute Gasteiger partial charge is 0.493 e. The van der Waals surface area contributed by atoms with Crippen molar-refractivity contribution in [2.75, 3.05) is 13.7 Å². The Kier molecular flexibility index (Phi) is 8.86. The van der Waals surface area contributed by atoms with Crippen molar-refractivity contribution < 1.29 is 9.15 Å². The van der Waals surface area contributed by atoms with E-state index in [2.05, 4.69) is 15.6 Å². The van der Waals surface area contributed by atoms with Crippen molar-refractivity contribution in [3.8, 4) is 5.75 Å². The third kappa shape index (κ3) is 6.31. The van der Waals surface area contributed by atoms with Gasteiger partial charge in [-0.3, -0.25) is 4.99 Å². The van der Waals surface area contributed by atoms with Gasteiger partial charge in [0, 0.05) is 24.2 Å². The molecule has 2 aromatic rings. The molecule has 0 unspecified atom stereocenters. The molecule has 2 N–H and O–H groups in total. The van der Waals surface area contributed by atoms with Crippen molar-refractivity contribution >= 4 is 41.5 Å². The summed E-state index contributed by atoms with van der Waals surface area (Å²) in [4.78, 5) is 4.18. The number of benzene rings is 1. The Morgan fingerprint density at radius 2 is 2.04 bits per heavy atom. The van der Waals surface area contributed by atoms with Gasteiger partial charge in [0.15, 0.2) is 5.96 Å². The number of hydrogen-bond acceptors (Lipinski definition) is 3. The van der Waals surface area contributed by atoms with Crippen LogP contribution in [0.3, 0.4) is 0 Å². The first-order valence-electron chi connectivity index (χ1n) is 7.11. The van der Waals surface area contributed by atoms with Gasteiger partial charge in [0.1, 0.15) is 11.5 Å². The summed E-state index contributed by atoms with van der Waals surface area (Å²) in [6, 6.07) is 9.38. The number of halogens is 2. The van der Waals surface area contributed by atoms with Crippen LogP contribution in [0.25, 0.3) is 0 Å². The van der Waals surface area contributed by atoms with Crippen LogP contribution in [0.2, 0.25) is 5.02 Å². The zero-order chi connectivity index (χ0) is 15.8. The number of aliphatic imine (C=N–C) groups is 1. The number of ether oxygens (including phenoxy) is 1. The summed E-state index contributed by atoms with van der Waals surface area (Å²) in [5, 5.41) is 7.08. The minimum absolute atomic E-state index is 0. The first kappa shape index (κ1) is 19.6. The molecule has 23 heavy (non-hydrogen) atoms. The molecule has 1 heterocycles. The molecule has 0 fully saturated rings. The summed E-state index contributed by atoms with van der Waals surface area (Å²) < 4.78 is 10.9. The minimum atomic E-state index is 0. The van der Waals surface area contributed by atoms with E-state index in [1.165, 1.54) is 0 Å². The number of guanidine groups is 1. The number of rotatable bonds is 6. The average molecular weight is 450 g/mol. The van der Waals surface area contributed by atoms with Crippen LogP contribution in [0.4, 0.5) is 0 Å². The summed E-state index contributed by atoms with van der Waals surface area (Å²) in [5.74, 6) is 2.32. The van der Waals surface area contributed by atoms with Gasteiger partial charge in [0.2, 0.25) is 0 Å². The second-order valence-corrected chi connectivity index (χ2v) is 4.98. The van der Waals surface area contributed by atoms with Crippen LogP contribution >= 0.6 is 35.6 Å². The summed E-state index contributed by atoms with van der Waals surface area (Å²) in [5.41, 5.74) is 1.02. The number of hydrogen-bond donors (Lipinski definition) is 2. The topological polar surface area (TPSA) is 58.8 Å². The van der Waals surface area contributed by atoms with Gasteiger partial charge >= 0.3 is 0 Å². The molecule has 0 aliphatic carbocycles. The van der Waals surface area contributed by atoms with Crippen LogP contribution in [0, 0.1) is 0 Å². The van der Waals surface area contributed by atoms with E-state index in [1.807, 2.05) is 37.3 Å². The Morgan fingerprint density at radius 1 is 1.26 bits per heavy atom. The van der Waals surface area contributed by atoms with Crippen molar-refractivity contribution in [3.05, 3.63) is 52.9 Å². The van der Waals surface area contributed by atoms with E-state index in [4.69, 9.17) is 20.8 Å². The van der Waals surface area contributed by atoms with Crippen LogP contribution in [0.5, 0.6) is 5.75 Å². The lowest BCUT2D eigenvalue weighted by Gasteiger charge is -2.14. The molecule has 0 saturated carbocycles. The first-order chi connectivity index (χ1) is 10.7. The van der Waals surface area contributed by atoms with Crippen molar-refractivity contribution in [1.82, 2.24) is 10.6 Å². The lowest BCUT2D eigenvalue weighted by atomic mass is 10.2. The highest BCUT2D eigenvalue weighted by Gasteiger charge is 2.06. The van der Waals surface area contributed by atoms with Gasteiger partial charge in [-0.1, -0.05) is 17.7 Å². The third-order valence-electron chi connectivity index (χ3n) is 3.01. The Bertz CT molecular complexity index is 618. The Labute approximate surface area is 158 Å². The molecule has 2 rings (SSSR count). The predicted molar refractivity (Wildman–Crippen MR) is 104 cm³/mol. The van der Waals surface area contributed by atoms with Crippen LogP contribution < -0.4 is 15.4 Å². The minimum Gasteiger partial charge on any atom is -0.493 e. The monoisotopic (exact) mass is 449 g/mol. The van der Waals surface area contributed by atoms with Gasteiger partial charge in [-0.05, 0) is 31.2 Å². The molecule has 7 heteroatoms. The Hall–Kier alpha value is -1.41. The van der Waals surface area contributed by atoms with Gasteiger partial charge in [-0.2, -0.15) is 0 Å². The standard InChI is InChI=1S/C16H20ClN3O2.HI/c1-3-21-15-9-13(17)7-6-12(15)10-19-16(18-2)20-11-14-5-4-8-22-14;/h4-9H,3,10-11H2,1-2H3,(H2,18,19,20);1H. The highest BCUT2D eigenvalue weighted by Crippen LogP contribution is 2.23. The molecule has 1 aromatic heterocycles. The molecule has 0 spiro atoms. The second-order valence-electron chi connectivity index (χ2n) is 4.54. The second kappa shape index (κ2) is 10.4. The van der Waals surface area contributed by atoms with Crippen LogP contribution in [0.15, 0.2) is 46.0 Å². The summed E-state index contributed by atoms with van der Waals surface area (Å²) in [6.45, 7) is 3.71. The van der Waals surface area contributed by atoms with Gasteiger partial charge in [-0.25, -0.2) is 0 Å². The van der Waals surface area contributed by atoms with Gasteiger partial charge in [0.05, 0.1) is 19.4 Å². The van der Waals surface area contributed by atoms with Crippen molar-refractivity contribution in [2.24, 2.45) is 4.99 Å². The first-order valence-corrected chi connectivity index (χ1v) is 7.49. The average Bonchev–Trinajstić information content (AvgIpc) is 3.03.